The molecule has 1 aromatic carbocycles. The van der Waals surface area contributed by atoms with Gasteiger partial charge in [0.2, 0.25) is 0 Å². The van der Waals surface area contributed by atoms with Crippen molar-refractivity contribution >= 4 is 28.3 Å². The second kappa shape index (κ2) is 6.75. The van der Waals surface area contributed by atoms with Gasteiger partial charge < -0.3 is 10.8 Å². The second-order valence-corrected chi connectivity index (χ2v) is 4.69. The number of aliphatic hydroxyl groups is 1. The number of nitrogens with two attached hydrogens (primary N) is 1. The van der Waals surface area contributed by atoms with Crippen molar-refractivity contribution in [2.75, 3.05) is 0 Å². The monoisotopic (exact) mass is 347 g/mol. The topological polar surface area (TPSA) is 46.2 Å². The SMILES string of the molecule is CC[C@@H](O)[C@@H](N)c1cc(Br)cc(C(F)(F)F)c1.Cl. The van der Waals surface area contributed by atoms with Gasteiger partial charge in [0, 0.05) is 4.47 Å². The molecular formula is C11H14BrClF3NO. The predicted octanol–water partition coefficient (Wildman–Crippen LogP) is 3.66. The molecule has 0 fully saturated rings. The first-order valence-electron chi connectivity index (χ1n) is 5.07. The van der Waals surface area contributed by atoms with Crippen molar-refractivity contribution in [1.82, 2.24) is 0 Å². The minimum atomic E-state index is -4.42. The Bertz CT molecular complexity index is 400. The maximum atomic E-state index is 12.6. The number of hydrogen-bond donors (Lipinski definition) is 2. The van der Waals surface area contributed by atoms with Gasteiger partial charge in [-0.15, -0.1) is 12.4 Å². The lowest BCUT2D eigenvalue weighted by atomic mass is 9.99. The van der Waals surface area contributed by atoms with E-state index in [0.717, 1.165) is 12.1 Å². The minimum Gasteiger partial charge on any atom is -0.391 e. The Morgan fingerprint density at radius 3 is 2.33 bits per heavy atom. The van der Waals surface area contributed by atoms with E-state index in [9.17, 15) is 18.3 Å². The van der Waals surface area contributed by atoms with Gasteiger partial charge >= 0.3 is 6.18 Å². The zero-order chi connectivity index (χ0) is 13.2. The summed E-state index contributed by atoms with van der Waals surface area (Å²) in [6.45, 7) is 1.72. The molecular weight excluding hydrogens is 334 g/mol. The molecule has 1 rings (SSSR count). The number of halogens is 5. The van der Waals surface area contributed by atoms with E-state index in [-0.39, 0.29) is 18.0 Å². The van der Waals surface area contributed by atoms with Crippen molar-refractivity contribution in [2.45, 2.75) is 31.7 Å². The quantitative estimate of drug-likeness (QED) is 0.875. The molecule has 0 amide bonds. The largest absolute Gasteiger partial charge is 0.416 e. The maximum Gasteiger partial charge on any atom is 0.416 e. The average molecular weight is 349 g/mol. The fourth-order valence-electron chi connectivity index (χ4n) is 1.44. The molecule has 0 radical (unpaired) electrons. The molecule has 7 heteroatoms. The van der Waals surface area contributed by atoms with Crippen LogP contribution in [0, 0.1) is 0 Å². The Hall–Kier alpha value is -0.300. The van der Waals surface area contributed by atoms with E-state index in [2.05, 4.69) is 15.9 Å². The first-order valence-corrected chi connectivity index (χ1v) is 5.86. The molecule has 0 aliphatic rings. The molecule has 104 valence electrons. The Balaban J connectivity index is 0.00000289. The van der Waals surface area contributed by atoms with Crippen molar-refractivity contribution in [1.29, 1.82) is 0 Å². The smallest absolute Gasteiger partial charge is 0.391 e. The van der Waals surface area contributed by atoms with Gasteiger partial charge in [0.1, 0.15) is 0 Å². The van der Waals surface area contributed by atoms with Crippen molar-refractivity contribution < 1.29 is 18.3 Å². The van der Waals surface area contributed by atoms with Crippen LogP contribution in [0.25, 0.3) is 0 Å². The van der Waals surface area contributed by atoms with Gasteiger partial charge in [0.25, 0.3) is 0 Å². The molecule has 3 N–H and O–H groups in total. The molecule has 0 spiro atoms. The highest BCUT2D eigenvalue weighted by molar-refractivity contribution is 9.10. The van der Waals surface area contributed by atoms with Crippen LogP contribution in [-0.4, -0.2) is 11.2 Å². The Morgan fingerprint density at radius 1 is 1.33 bits per heavy atom. The fraction of sp³-hybridized carbons (Fsp3) is 0.455. The molecule has 0 aliphatic heterocycles. The van der Waals surface area contributed by atoms with Gasteiger partial charge in [0.15, 0.2) is 0 Å². The van der Waals surface area contributed by atoms with Gasteiger partial charge in [-0.1, -0.05) is 22.9 Å². The maximum absolute atomic E-state index is 12.6. The van der Waals surface area contributed by atoms with Crippen LogP contribution in [0.4, 0.5) is 13.2 Å². The summed E-state index contributed by atoms with van der Waals surface area (Å²) in [6.07, 6.45) is -4.89. The average Bonchev–Trinajstić information content (AvgIpc) is 2.25. The zero-order valence-corrected chi connectivity index (χ0v) is 11.9. The van der Waals surface area contributed by atoms with Crippen molar-refractivity contribution in [3.63, 3.8) is 0 Å². The molecule has 0 saturated carbocycles. The lowest BCUT2D eigenvalue weighted by Crippen LogP contribution is -2.25. The van der Waals surface area contributed by atoms with Crippen LogP contribution < -0.4 is 5.73 Å². The summed E-state index contributed by atoms with van der Waals surface area (Å²) in [5, 5.41) is 9.54. The summed E-state index contributed by atoms with van der Waals surface area (Å²) in [5.74, 6) is 0. The zero-order valence-electron chi connectivity index (χ0n) is 9.54. The van der Waals surface area contributed by atoms with Gasteiger partial charge in [-0.25, -0.2) is 0 Å². The van der Waals surface area contributed by atoms with Crippen LogP contribution in [0.2, 0.25) is 0 Å². The summed E-state index contributed by atoms with van der Waals surface area (Å²) in [7, 11) is 0. The molecule has 0 aliphatic carbocycles. The highest BCUT2D eigenvalue weighted by atomic mass is 79.9. The van der Waals surface area contributed by atoms with E-state index < -0.39 is 23.9 Å². The summed E-state index contributed by atoms with van der Waals surface area (Å²) in [5.41, 5.74) is 5.18. The van der Waals surface area contributed by atoms with E-state index in [1.54, 1.807) is 6.92 Å². The second-order valence-electron chi connectivity index (χ2n) is 3.77. The molecule has 2 nitrogen and oxygen atoms in total. The fourth-order valence-corrected chi connectivity index (χ4v) is 1.96. The Labute approximate surface area is 118 Å². The number of alkyl halides is 3. The number of rotatable bonds is 3. The van der Waals surface area contributed by atoms with Crippen LogP contribution >= 0.6 is 28.3 Å². The van der Waals surface area contributed by atoms with Gasteiger partial charge in [-0.2, -0.15) is 13.2 Å². The molecule has 0 heterocycles. The third-order valence-corrected chi connectivity index (χ3v) is 2.92. The van der Waals surface area contributed by atoms with E-state index in [1.807, 2.05) is 0 Å². The number of hydrogen-bond acceptors (Lipinski definition) is 2. The highest BCUT2D eigenvalue weighted by Gasteiger charge is 2.31. The highest BCUT2D eigenvalue weighted by Crippen LogP contribution is 2.33. The number of benzene rings is 1. The third-order valence-electron chi connectivity index (χ3n) is 2.47. The molecule has 1 aromatic rings. The van der Waals surface area contributed by atoms with Gasteiger partial charge in [0.05, 0.1) is 17.7 Å². The van der Waals surface area contributed by atoms with E-state index in [1.165, 1.54) is 6.07 Å². The van der Waals surface area contributed by atoms with Crippen LogP contribution in [0.5, 0.6) is 0 Å². The van der Waals surface area contributed by atoms with Gasteiger partial charge in [-0.3, -0.25) is 0 Å². The van der Waals surface area contributed by atoms with Crippen LogP contribution in [-0.2, 0) is 6.18 Å². The predicted molar refractivity (Wildman–Crippen MR) is 69.6 cm³/mol. The van der Waals surface area contributed by atoms with E-state index in [4.69, 9.17) is 5.73 Å². The first kappa shape index (κ1) is 17.7. The lowest BCUT2D eigenvalue weighted by molar-refractivity contribution is -0.137. The lowest BCUT2D eigenvalue weighted by Gasteiger charge is -2.19. The molecule has 18 heavy (non-hydrogen) atoms. The standard InChI is InChI=1S/C11H13BrF3NO.ClH/c1-2-9(17)10(16)6-3-7(11(13,14)15)5-8(12)4-6;/h3-5,9-10,17H,2,16H2,1H3;1H/t9-,10+;/m1./s1. The van der Waals surface area contributed by atoms with E-state index in [0.29, 0.717) is 10.9 Å². The normalized spacial score (nSPS) is 14.8. The van der Waals surface area contributed by atoms with Crippen LogP contribution in [0.1, 0.15) is 30.5 Å². The minimum absolute atomic E-state index is 0. The molecule has 0 bridgehead atoms. The van der Waals surface area contributed by atoms with Crippen molar-refractivity contribution in [3.8, 4) is 0 Å². The van der Waals surface area contributed by atoms with Gasteiger partial charge in [-0.05, 0) is 30.2 Å². The van der Waals surface area contributed by atoms with E-state index >= 15 is 0 Å². The van der Waals surface area contributed by atoms with Crippen LogP contribution in [0.15, 0.2) is 22.7 Å². The number of aliphatic hydroxyl groups excluding tert-OH is 1. The Kier molecular flexibility index (Phi) is 6.63. The first-order chi connectivity index (χ1) is 7.75. The molecule has 0 saturated heterocycles. The molecule has 2 atom stereocenters. The summed E-state index contributed by atoms with van der Waals surface area (Å²) < 4.78 is 38.0. The summed E-state index contributed by atoms with van der Waals surface area (Å²) >= 11 is 3.01. The van der Waals surface area contributed by atoms with Crippen LogP contribution in [0.3, 0.4) is 0 Å². The molecule has 0 aromatic heterocycles. The summed E-state index contributed by atoms with van der Waals surface area (Å²) in [6, 6.07) is 2.61. The van der Waals surface area contributed by atoms with Crippen molar-refractivity contribution in [3.05, 3.63) is 33.8 Å². The molecule has 0 unspecified atom stereocenters. The summed E-state index contributed by atoms with van der Waals surface area (Å²) in [4.78, 5) is 0. The van der Waals surface area contributed by atoms with Crippen molar-refractivity contribution in [2.24, 2.45) is 5.73 Å². The Morgan fingerprint density at radius 2 is 1.89 bits per heavy atom. The third kappa shape index (κ3) is 4.42.